The Balaban J connectivity index is 1.62. The second kappa shape index (κ2) is 9.00. The van der Waals surface area contributed by atoms with E-state index in [2.05, 4.69) is 15.6 Å². The number of aromatic nitrogens is 1. The largest absolute Gasteiger partial charge is 0.374 e. The molecular weight excluding hydrogens is 443 g/mol. The maximum Gasteiger partial charge on any atom is 0.267 e. The van der Waals surface area contributed by atoms with Crippen LogP contribution in [0.25, 0.3) is 0 Å². The van der Waals surface area contributed by atoms with Gasteiger partial charge in [-0.15, -0.1) is 23.2 Å². The number of anilines is 1. The Hall–Kier alpha value is -2.39. The molecule has 2 fully saturated rings. The van der Waals surface area contributed by atoms with Gasteiger partial charge in [0, 0.05) is 29.8 Å². The Morgan fingerprint density at radius 3 is 2.71 bits per heavy atom. The summed E-state index contributed by atoms with van der Waals surface area (Å²) in [5.41, 5.74) is 6.09. The van der Waals surface area contributed by atoms with E-state index in [1.807, 2.05) is 6.92 Å². The number of hydrogen-bond donors (Lipinski definition) is 4. The summed E-state index contributed by atoms with van der Waals surface area (Å²) in [5, 5.41) is 13.7. The molecule has 0 unspecified atom stereocenters. The Labute approximate surface area is 190 Å². The van der Waals surface area contributed by atoms with Crippen LogP contribution in [-0.4, -0.2) is 62.8 Å². The molecule has 3 amide bonds. The Bertz CT molecular complexity index is 922. The zero-order valence-electron chi connectivity index (χ0n) is 17.4. The highest BCUT2D eigenvalue weighted by atomic mass is 35.5. The molecule has 1 saturated heterocycles. The van der Waals surface area contributed by atoms with Gasteiger partial charge in [-0.05, 0) is 39.2 Å². The number of rotatable bonds is 8. The summed E-state index contributed by atoms with van der Waals surface area (Å²) in [6.07, 6.45) is 3.37. The first-order valence-electron chi connectivity index (χ1n) is 10.1. The van der Waals surface area contributed by atoms with Gasteiger partial charge in [0.2, 0.25) is 11.8 Å². The van der Waals surface area contributed by atoms with Gasteiger partial charge in [0.15, 0.2) is 0 Å². The number of aryl methyl sites for hydroxylation is 1. The molecule has 2 aliphatic rings. The first kappa shape index (κ1) is 23.3. The highest BCUT2D eigenvalue weighted by Gasteiger charge is 2.55. The zero-order valence-corrected chi connectivity index (χ0v) is 18.9. The number of carbonyl (C=O) groups is 3. The van der Waals surface area contributed by atoms with E-state index >= 15 is 0 Å². The molecule has 0 bridgehead atoms. The molecule has 2 heterocycles. The Morgan fingerprint density at radius 1 is 1.42 bits per heavy atom. The summed E-state index contributed by atoms with van der Waals surface area (Å²) in [4.78, 5) is 42.7. The van der Waals surface area contributed by atoms with Crippen LogP contribution in [0.5, 0.6) is 0 Å². The van der Waals surface area contributed by atoms with E-state index in [1.165, 1.54) is 11.1 Å². The van der Waals surface area contributed by atoms with Crippen LogP contribution < -0.4 is 16.4 Å². The van der Waals surface area contributed by atoms with Crippen LogP contribution in [0.1, 0.15) is 37.4 Å². The summed E-state index contributed by atoms with van der Waals surface area (Å²) in [6, 6.07) is 0.813. The summed E-state index contributed by atoms with van der Waals surface area (Å²) in [6.45, 7) is 3.94. The molecule has 3 atom stereocenters. The minimum Gasteiger partial charge on any atom is -0.374 e. The monoisotopic (exact) mass is 468 g/mol. The fraction of sp³-hybridized carbons (Fsp3) is 0.550. The number of nitrogens with two attached hydrogens (primary N) is 1. The van der Waals surface area contributed by atoms with E-state index in [-0.39, 0.29) is 41.6 Å². The number of carbonyl (C=O) groups excluding carboxylic acids is 3. The predicted octanol–water partition coefficient (Wildman–Crippen LogP) is 1.34. The minimum absolute atomic E-state index is 0.0000339. The van der Waals surface area contributed by atoms with Crippen LogP contribution in [-0.2, 0) is 14.4 Å². The number of halogens is 2. The first-order valence-corrected chi connectivity index (χ1v) is 10.8. The lowest BCUT2D eigenvalue weighted by Crippen LogP contribution is -2.50. The fourth-order valence-electron chi connectivity index (χ4n) is 3.85. The number of primary amides is 1. The smallest absolute Gasteiger partial charge is 0.267 e. The molecule has 31 heavy (non-hydrogen) atoms. The quantitative estimate of drug-likeness (QED) is 0.336. The Morgan fingerprint density at radius 2 is 2.10 bits per heavy atom. The van der Waals surface area contributed by atoms with Crippen molar-refractivity contribution in [1.82, 2.24) is 15.2 Å². The average molecular weight is 469 g/mol. The molecule has 9 nitrogen and oxygen atoms in total. The number of likely N-dealkylation sites (tertiary alicyclic amines) is 1. The standard InChI is InChI=1S/C20H26Cl2N6O3/c1-10-6-12(17(23)18(24)30)14(8-25-10)26-9-16(29)28-5-3-4-15(28)19(31)27-11(2)13-7-20(13,21)22/h6,8,11,13,15,23,26H,3-5,7,9H2,1-2H3,(H2,24,30)(H,27,31)/t11-,13-,15+/m1/s1. The van der Waals surface area contributed by atoms with Crippen molar-refractivity contribution in [3.8, 4) is 0 Å². The summed E-state index contributed by atoms with van der Waals surface area (Å²) in [5.74, 6) is -1.36. The van der Waals surface area contributed by atoms with Crippen LogP contribution >= 0.6 is 23.2 Å². The van der Waals surface area contributed by atoms with Crippen molar-refractivity contribution < 1.29 is 14.4 Å². The number of nitrogens with one attached hydrogen (secondary N) is 3. The van der Waals surface area contributed by atoms with E-state index < -0.39 is 16.3 Å². The SMILES string of the molecule is Cc1cc(C(=N)C(N)=O)c(NCC(=O)N2CCC[C@H]2C(=O)N[C@H](C)[C@H]2CC2(Cl)Cl)cn1. The third kappa shape index (κ3) is 5.27. The van der Waals surface area contributed by atoms with Gasteiger partial charge in [0.25, 0.3) is 5.91 Å². The van der Waals surface area contributed by atoms with Gasteiger partial charge in [-0.25, -0.2) is 0 Å². The van der Waals surface area contributed by atoms with Crippen molar-refractivity contribution in [1.29, 1.82) is 5.41 Å². The molecule has 1 aliphatic heterocycles. The van der Waals surface area contributed by atoms with E-state index in [0.717, 1.165) is 6.42 Å². The van der Waals surface area contributed by atoms with Crippen LogP contribution in [0.4, 0.5) is 5.69 Å². The topological polar surface area (TPSA) is 141 Å². The zero-order chi connectivity index (χ0) is 22.9. The van der Waals surface area contributed by atoms with Crippen molar-refractivity contribution in [2.24, 2.45) is 11.7 Å². The van der Waals surface area contributed by atoms with E-state index in [9.17, 15) is 14.4 Å². The number of nitrogens with zero attached hydrogens (tertiary/aromatic N) is 2. The third-order valence-corrected chi connectivity index (χ3v) is 6.58. The van der Waals surface area contributed by atoms with Gasteiger partial charge in [-0.1, -0.05) is 0 Å². The summed E-state index contributed by atoms with van der Waals surface area (Å²) in [7, 11) is 0. The third-order valence-electron chi connectivity index (χ3n) is 5.71. The van der Waals surface area contributed by atoms with Gasteiger partial charge in [-0.2, -0.15) is 0 Å². The number of pyridine rings is 1. The maximum atomic E-state index is 12.8. The number of hydrogen-bond acceptors (Lipinski definition) is 6. The molecule has 1 aromatic heterocycles. The molecular formula is C20H26Cl2N6O3. The highest BCUT2D eigenvalue weighted by Crippen LogP contribution is 2.54. The normalized spacial score (nSPS) is 22.5. The molecule has 1 aromatic rings. The lowest BCUT2D eigenvalue weighted by molar-refractivity contribution is -0.137. The van der Waals surface area contributed by atoms with Crippen LogP contribution in [0.15, 0.2) is 12.3 Å². The maximum absolute atomic E-state index is 12.8. The van der Waals surface area contributed by atoms with Gasteiger partial charge in [-0.3, -0.25) is 24.8 Å². The van der Waals surface area contributed by atoms with Crippen molar-refractivity contribution in [2.75, 3.05) is 18.4 Å². The van der Waals surface area contributed by atoms with Gasteiger partial charge >= 0.3 is 0 Å². The second-order valence-electron chi connectivity index (χ2n) is 8.08. The molecule has 168 valence electrons. The van der Waals surface area contributed by atoms with E-state index in [0.29, 0.717) is 30.8 Å². The molecule has 5 N–H and O–H groups in total. The molecule has 0 spiro atoms. The molecule has 11 heteroatoms. The summed E-state index contributed by atoms with van der Waals surface area (Å²) < 4.78 is -0.791. The van der Waals surface area contributed by atoms with Gasteiger partial charge < -0.3 is 21.3 Å². The Kier molecular flexibility index (Phi) is 6.76. The van der Waals surface area contributed by atoms with Crippen molar-refractivity contribution in [3.05, 3.63) is 23.5 Å². The van der Waals surface area contributed by atoms with Crippen LogP contribution in [0, 0.1) is 18.3 Å². The van der Waals surface area contributed by atoms with E-state index in [1.54, 1.807) is 13.0 Å². The molecule has 0 radical (unpaired) electrons. The van der Waals surface area contributed by atoms with E-state index in [4.69, 9.17) is 34.3 Å². The van der Waals surface area contributed by atoms with Crippen LogP contribution in [0.2, 0.25) is 0 Å². The average Bonchev–Trinajstić information content (AvgIpc) is 3.12. The molecule has 0 aromatic carbocycles. The number of alkyl halides is 2. The summed E-state index contributed by atoms with van der Waals surface area (Å²) >= 11 is 12.2. The molecule has 1 saturated carbocycles. The fourth-order valence-corrected chi connectivity index (χ4v) is 4.56. The predicted molar refractivity (Wildman–Crippen MR) is 118 cm³/mol. The number of amides is 3. The van der Waals surface area contributed by atoms with Crippen LogP contribution in [0.3, 0.4) is 0 Å². The van der Waals surface area contributed by atoms with Crippen molar-refractivity contribution in [3.63, 3.8) is 0 Å². The lowest BCUT2D eigenvalue weighted by atomic mass is 10.1. The van der Waals surface area contributed by atoms with Crippen molar-refractivity contribution in [2.45, 2.75) is 49.5 Å². The molecule has 3 rings (SSSR count). The van der Waals surface area contributed by atoms with Gasteiger partial charge in [0.1, 0.15) is 16.1 Å². The van der Waals surface area contributed by atoms with Crippen molar-refractivity contribution >= 4 is 52.3 Å². The van der Waals surface area contributed by atoms with Gasteiger partial charge in [0.05, 0.1) is 18.4 Å². The highest BCUT2D eigenvalue weighted by molar-refractivity contribution is 6.51. The second-order valence-corrected chi connectivity index (χ2v) is 9.62. The minimum atomic E-state index is -0.876. The lowest BCUT2D eigenvalue weighted by Gasteiger charge is -2.26. The first-order chi connectivity index (χ1) is 14.5. The molecule has 1 aliphatic carbocycles.